The largest absolute Gasteiger partial charge is 0.508 e. The number of rotatable bonds is 0. The van der Waals surface area contributed by atoms with E-state index in [2.05, 4.69) is 0 Å². The monoisotopic (exact) mass is 412 g/mol. The van der Waals surface area contributed by atoms with E-state index in [1.807, 2.05) is 0 Å². The predicted octanol–water partition coefficient (Wildman–Crippen LogP) is 2.48. The van der Waals surface area contributed by atoms with Crippen molar-refractivity contribution < 1.29 is 45.3 Å². The van der Waals surface area contributed by atoms with E-state index in [4.69, 9.17) is 45.3 Å². The fourth-order valence-electron chi connectivity index (χ4n) is 1.36. The molecule has 0 heterocycles. The summed E-state index contributed by atoms with van der Waals surface area (Å²) < 4.78 is 0. The summed E-state index contributed by atoms with van der Waals surface area (Å²) in [6.07, 6.45) is 0. The predicted molar refractivity (Wildman–Crippen MR) is 103 cm³/mol. The van der Waals surface area contributed by atoms with E-state index in [0.29, 0.717) is 0 Å². The number of hydrogen-bond donors (Lipinski definition) is 9. The lowest BCUT2D eigenvalue weighted by Gasteiger charge is -1.88. The molecule has 0 aliphatic rings. The first-order chi connectivity index (χ1) is 13.1. The van der Waals surface area contributed by atoms with Gasteiger partial charge in [0.2, 0.25) is 0 Å². The zero-order valence-electron chi connectivity index (χ0n) is 14.4. The first-order valence-electron chi connectivity index (χ1n) is 7.41. The molecular weight excluding hydrogens is 391 g/mol. The molecule has 0 aromatic heterocycles. The Hall–Kier alpha value is -3.23. The molecule has 0 spiro atoms. The summed E-state index contributed by atoms with van der Waals surface area (Å²) in [7, 11) is -2.62. The minimum atomic E-state index is -2.62. The number of benzene rings is 3. The fraction of sp³-hybridized carbons (Fsp3) is 0. The standard InChI is InChI=1S/3C6H6O2.H3O3P/c3*7-5-1-2-6(8)4-3-5;1-4(2)3/h3*1-4,7-8H;1-3H. The van der Waals surface area contributed by atoms with Crippen molar-refractivity contribution in [2.75, 3.05) is 0 Å². The molecule has 0 saturated heterocycles. The van der Waals surface area contributed by atoms with E-state index in [-0.39, 0.29) is 34.5 Å². The van der Waals surface area contributed by atoms with Crippen LogP contribution in [0.4, 0.5) is 0 Å². The van der Waals surface area contributed by atoms with Gasteiger partial charge in [-0.05, 0) is 72.8 Å². The van der Waals surface area contributed by atoms with Crippen LogP contribution in [0.25, 0.3) is 0 Å². The molecule has 0 aliphatic carbocycles. The van der Waals surface area contributed by atoms with Crippen molar-refractivity contribution in [2.45, 2.75) is 0 Å². The third kappa shape index (κ3) is 15.1. The maximum atomic E-state index is 8.65. The molecule has 0 amide bonds. The van der Waals surface area contributed by atoms with Gasteiger partial charge in [0.05, 0.1) is 0 Å². The van der Waals surface area contributed by atoms with Crippen LogP contribution in [-0.2, 0) is 0 Å². The Bertz CT molecular complexity index is 591. The highest BCUT2D eigenvalue weighted by atomic mass is 31.2. The minimum absolute atomic E-state index is 0.169. The lowest BCUT2D eigenvalue weighted by molar-refractivity contribution is 0.368. The van der Waals surface area contributed by atoms with Crippen LogP contribution in [0.3, 0.4) is 0 Å². The molecule has 9 nitrogen and oxygen atoms in total. The maximum absolute atomic E-state index is 8.65. The number of hydrogen-bond acceptors (Lipinski definition) is 9. The van der Waals surface area contributed by atoms with Gasteiger partial charge in [-0.2, -0.15) is 0 Å². The Morgan fingerprint density at radius 2 is 0.393 bits per heavy atom. The Kier molecular flexibility index (Phi) is 12.3. The van der Waals surface area contributed by atoms with Gasteiger partial charge in [-0.1, -0.05) is 0 Å². The van der Waals surface area contributed by atoms with Crippen LogP contribution >= 0.6 is 8.60 Å². The Balaban J connectivity index is 0.000000358. The van der Waals surface area contributed by atoms with E-state index < -0.39 is 8.60 Å². The second kappa shape index (κ2) is 13.9. The van der Waals surface area contributed by atoms with Crippen molar-refractivity contribution in [1.82, 2.24) is 0 Å². The topological polar surface area (TPSA) is 182 Å². The van der Waals surface area contributed by atoms with Crippen molar-refractivity contribution in [3.05, 3.63) is 72.8 Å². The Morgan fingerprint density at radius 1 is 0.321 bits per heavy atom. The average Bonchev–Trinajstić information content (AvgIpc) is 2.63. The summed E-state index contributed by atoms with van der Waals surface area (Å²) in [5.41, 5.74) is 0. The lowest BCUT2D eigenvalue weighted by Crippen LogP contribution is -1.61. The number of phenols is 6. The first kappa shape index (κ1) is 24.8. The number of phenolic OH excluding ortho intramolecular Hbond substituents is 6. The van der Waals surface area contributed by atoms with E-state index in [0.717, 1.165) is 0 Å². The number of aromatic hydroxyl groups is 6. The molecule has 3 aromatic carbocycles. The quantitative estimate of drug-likeness (QED) is 0.198. The summed E-state index contributed by atoms with van der Waals surface area (Å²) in [6.45, 7) is 0. The normalized spacial score (nSPS) is 9.00. The van der Waals surface area contributed by atoms with Crippen LogP contribution in [0.1, 0.15) is 0 Å². The van der Waals surface area contributed by atoms with E-state index in [1.165, 1.54) is 72.8 Å². The first-order valence-corrected chi connectivity index (χ1v) is 8.61. The van der Waals surface area contributed by atoms with Gasteiger partial charge in [-0.15, -0.1) is 0 Å². The highest BCUT2D eigenvalue weighted by molar-refractivity contribution is 7.38. The molecule has 9 N–H and O–H groups in total. The van der Waals surface area contributed by atoms with Gasteiger partial charge in [0.15, 0.2) is 0 Å². The smallest absolute Gasteiger partial charge is 0.324 e. The van der Waals surface area contributed by atoms with Crippen LogP contribution in [0.5, 0.6) is 34.5 Å². The molecule has 0 aliphatic heterocycles. The summed E-state index contributed by atoms with van der Waals surface area (Å²) in [4.78, 5) is 21.7. The van der Waals surface area contributed by atoms with Crippen molar-refractivity contribution in [3.8, 4) is 34.5 Å². The minimum Gasteiger partial charge on any atom is -0.508 e. The van der Waals surface area contributed by atoms with Crippen LogP contribution in [-0.4, -0.2) is 45.3 Å². The van der Waals surface area contributed by atoms with Gasteiger partial charge >= 0.3 is 8.60 Å². The van der Waals surface area contributed by atoms with Gasteiger partial charge in [0.25, 0.3) is 0 Å². The van der Waals surface area contributed by atoms with Crippen LogP contribution < -0.4 is 0 Å². The van der Waals surface area contributed by atoms with E-state index in [9.17, 15) is 0 Å². The molecule has 0 unspecified atom stereocenters. The molecule has 3 aromatic rings. The Morgan fingerprint density at radius 3 is 0.464 bits per heavy atom. The van der Waals surface area contributed by atoms with Crippen molar-refractivity contribution >= 4 is 8.60 Å². The summed E-state index contributed by atoms with van der Waals surface area (Å²) >= 11 is 0. The van der Waals surface area contributed by atoms with Crippen LogP contribution in [0.2, 0.25) is 0 Å². The molecule has 0 atom stereocenters. The molecule has 28 heavy (non-hydrogen) atoms. The average molecular weight is 412 g/mol. The zero-order chi connectivity index (χ0) is 21.5. The van der Waals surface area contributed by atoms with E-state index in [1.54, 1.807) is 0 Å². The maximum Gasteiger partial charge on any atom is 0.324 e. The Labute approximate surface area is 161 Å². The summed E-state index contributed by atoms with van der Waals surface area (Å²) in [6, 6.07) is 17.1. The van der Waals surface area contributed by atoms with Crippen LogP contribution in [0, 0.1) is 0 Å². The molecule has 0 fully saturated rings. The van der Waals surface area contributed by atoms with Gasteiger partial charge in [-0.25, -0.2) is 0 Å². The molecule has 0 bridgehead atoms. The summed E-state index contributed by atoms with van der Waals surface area (Å²) in [5, 5.41) is 51.9. The van der Waals surface area contributed by atoms with Gasteiger partial charge < -0.3 is 45.3 Å². The third-order valence-corrected chi connectivity index (χ3v) is 2.55. The lowest BCUT2D eigenvalue weighted by atomic mass is 10.3. The van der Waals surface area contributed by atoms with Gasteiger partial charge in [0, 0.05) is 0 Å². The van der Waals surface area contributed by atoms with Crippen molar-refractivity contribution in [1.29, 1.82) is 0 Å². The molecule has 3 rings (SSSR count). The van der Waals surface area contributed by atoms with E-state index >= 15 is 0 Å². The third-order valence-electron chi connectivity index (χ3n) is 2.55. The van der Waals surface area contributed by atoms with Crippen LogP contribution in [0.15, 0.2) is 72.8 Å². The van der Waals surface area contributed by atoms with Gasteiger partial charge in [0.1, 0.15) is 34.5 Å². The van der Waals surface area contributed by atoms with Crippen molar-refractivity contribution in [3.63, 3.8) is 0 Å². The molecule has 10 heteroatoms. The van der Waals surface area contributed by atoms with Gasteiger partial charge in [-0.3, -0.25) is 0 Å². The highest BCUT2D eigenvalue weighted by Gasteiger charge is 1.85. The summed E-state index contributed by atoms with van der Waals surface area (Å²) in [5.74, 6) is 1.02. The highest BCUT2D eigenvalue weighted by Crippen LogP contribution is 2.14. The fourth-order valence-corrected chi connectivity index (χ4v) is 1.36. The second-order valence-electron chi connectivity index (χ2n) is 4.82. The van der Waals surface area contributed by atoms with Crippen molar-refractivity contribution in [2.24, 2.45) is 0 Å². The molecular formula is C18H21O9P. The molecule has 0 radical (unpaired) electrons. The molecule has 152 valence electrons. The molecule has 0 saturated carbocycles. The SMILES string of the molecule is OP(O)O.Oc1ccc(O)cc1.Oc1ccc(O)cc1.Oc1ccc(O)cc1. The zero-order valence-corrected chi connectivity index (χ0v) is 15.3. The second-order valence-corrected chi connectivity index (χ2v) is 5.35.